The van der Waals surface area contributed by atoms with Crippen LogP contribution < -0.4 is 0 Å². The van der Waals surface area contributed by atoms with Crippen molar-refractivity contribution in [1.82, 2.24) is 0 Å². The molecule has 1 aliphatic rings. The molecule has 0 spiro atoms. The van der Waals surface area contributed by atoms with Crippen molar-refractivity contribution in [3.63, 3.8) is 0 Å². The summed E-state index contributed by atoms with van der Waals surface area (Å²) in [5.74, 6) is 0.546. The molecule has 1 saturated heterocycles. The summed E-state index contributed by atoms with van der Waals surface area (Å²) in [5, 5.41) is 0. The molecule has 0 aromatic carbocycles. The number of hydrogen-bond acceptors (Lipinski definition) is 2. The van der Waals surface area contributed by atoms with Crippen molar-refractivity contribution in [3.05, 3.63) is 12.2 Å². The third-order valence-electron chi connectivity index (χ3n) is 2.33. The van der Waals surface area contributed by atoms with E-state index in [4.69, 9.17) is 4.74 Å². The van der Waals surface area contributed by atoms with Crippen LogP contribution in [0.1, 0.15) is 27.2 Å². The van der Waals surface area contributed by atoms with Crippen molar-refractivity contribution in [2.45, 2.75) is 33.3 Å². The highest BCUT2D eigenvalue weighted by molar-refractivity contribution is 5.90. The van der Waals surface area contributed by atoms with Gasteiger partial charge in [-0.15, -0.1) is 0 Å². The van der Waals surface area contributed by atoms with Crippen molar-refractivity contribution in [2.75, 3.05) is 0 Å². The summed E-state index contributed by atoms with van der Waals surface area (Å²) in [6, 6.07) is 0. The summed E-state index contributed by atoms with van der Waals surface area (Å²) in [5.41, 5.74) is 0.626. The van der Waals surface area contributed by atoms with E-state index in [1.54, 1.807) is 0 Å². The van der Waals surface area contributed by atoms with E-state index in [1.807, 2.05) is 6.92 Å². The van der Waals surface area contributed by atoms with E-state index in [2.05, 4.69) is 20.4 Å². The summed E-state index contributed by atoms with van der Waals surface area (Å²) in [7, 11) is 0. The normalized spacial score (nSPS) is 29.7. The van der Waals surface area contributed by atoms with E-state index >= 15 is 0 Å². The molecule has 1 heterocycles. The number of hydrogen-bond donors (Lipinski definition) is 0. The van der Waals surface area contributed by atoms with E-state index in [-0.39, 0.29) is 18.0 Å². The highest BCUT2D eigenvalue weighted by Gasteiger charge is 2.35. The quantitative estimate of drug-likeness (QED) is 0.466. The molecule has 1 aliphatic heterocycles. The van der Waals surface area contributed by atoms with Crippen molar-refractivity contribution in [2.24, 2.45) is 11.8 Å². The van der Waals surface area contributed by atoms with Gasteiger partial charge in [-0.2, -0.15) is 0 Å². The fraction of sp³-hybridized carbons (Fsp3) is 0.700. The van der Waals surface area contributed by atoms with Gasteiger partial charge in [0, 0.05) is 11.5 Å². The monoisotopic (exact) mass is 168 g/mol. The Morgan fingerprint density at radius 2 is 2.17 bits per heavy atom. The van der Waals surface area contributed by atoms with Gasteiger partial charge >= 0.3 is 5.97 Å². The summed E-state index contributed by atoms with van der Waals surface area (Å²) in [6.45, 7) is 9.95. The molecule has 2 heteroatoms. The van der Waals surface area contributed by atoms with Gasteiger partial charge in [-0.25, -0.2) is 4.79 Å². The smallest absolute Gasteiger partial charge is 0.334 e. The van der Waals surface area contributed by atoms with Gasteiger partial charge < -0.3 is 4.74 Å². The van der Waals surface area contributed by atoms with Crippen LogP contribution in [0.25, 0.3) is 0 Å². The van der Waals surface area contributed by atoms with E-state index in [0.717, 1.165) is 6.42 Å². The molecule has 0 aromatic heterocycles. The number of cyclic esters (lactones) is 1. The molecule has 0 unspecified atom stereocenters. The van der Waals surface area contributed by atoms with E-state index in [1.165, 1.54) is 0 Å². The van der Waals surface area contributed by atoms with Gasteiger partial charge in [-0.3, -0.25) is 0 Å². The minimum atomic E-state index is -0.215. The molecular weight excluding hydrogens is 152 g/mol. The number of ether oxygens (including phenoxy) is 1. The first-order valence-electron chi connectivity index (χ1n) is 4.42. The highest BCUT2D eigenvalue weighted by atomic mass is 16.6. The maximum Gasteiger partial charge on any atom is 0.334 e. The first kappa shape index (κ1) is 9.30. The van der Waals surface area contributed by atoms with Crippen molar-refractivity contribution >= 4 is 5.97 Å². The molecule has 68 valence electrons. The largest absolute Gasteiger partial charge is 0.458 e. The third-order valence-corrected chi connectivity index (χ3v) is 2.33. The maximum atomic E-state index is 11.1. The molecule has 1 rings (SSSR count). The zero-order valence-electron chi connectivity index (χ0n) is 7.96. The van der Waals surface area contributed by atoms with E-state index in [0.29, 0.717) is 11.5 Å². The zero-order chi connectivity index (χ0) is 9.30. The Balaban J connectivity index is 2.59. The van der Waals surface area contributed by atoms with Gasteiger partial charge in [0.05, 0.1) is 0 Å². The summed E-state index contributed by atoms with van der Waals surface area (Å²) >= 11 is 0. The minimum Gasteiger partial charge on any atom is -0.458 e. The van der Waals surface area contributed by atoms with Gasteiger partial charge in [0.25, 0.3) is 0 Å². The van der Waals surface area contributed by atoms with Gasteiger partial charge in [0.1, 0.15) is 6.10 Å². The molecule has 0 N–H and O–H groups in total. The Kier molecular flexibility index (Phi) is 2.55. The molecule has 2 nitrogen and oxygen atoms in total. The summed E-state index contributed by atoms with van der Waals surface area (Å²) in [4.78, 5) is 11.1. The predicted molar refractivity (Wildman–Crippen MR) is 47.6 cm³/mol. The lowest BCUT2D eigenvalue weighted by Gasteiger charge is -2.15. The summed E-state index contributed by atoms with van der Waals surface area (Å²) in [6.07, 6.45) is 0.997. The summed E-state index contributed by atoms with van der Waals surface area (Å²) < 4.78 is 5.16. The first-order valence-corrected chi connectivity index (χ1v) is 4.42. The molecule has 0 amide bonds. The molecular formula is C10H16O2. The van der Waals surface area contributed by atoms with Crippen molar-refractivity contribution in [1.29, 1.82) is 0 Å². The lowest BCUT2D eigenvalue weighted by Crippen LogP contribution is -2.16. The van der Waals surface area contributed by atoms with E-state index in [9.17, 15) is 4.79 Å². The van der Waals surface area contributed by atoms with Crippen LogP contribution in [0.5, 0.6) is 0 Å². The molecule has 2 atom stereocenters. The molecule has 0 saturated carbocycles. The Hall–Kier alpha value is -0.790. The Morgan fingerprint density at radius 3 is 2.50 bits per heavy atom. The van der Waals surface area contributed by atoms with Crippen molar-refractivity contribution in [3.8, 4) is 0 Å². The molecule has 0 aliphatic carbocycles. The molecule has 0 aromatic rings. The second kappa shape index (κ2) is 3.30. The Labute approximate surface area is 73.6 Å². The topological polar surface area (TPSA) is 26.3 Å². The molecule has 12 heavy (non-hydrogen) atoms. The molecule has 0 bridgehead atoms. The number of esters is 1. The van der Waals surface area contributed by atoms with Crippen LogP contribution in [0.15, 0.2) is 12.2 Å². The van der Waals surface area contributed by atoms with Crippen LogP contribution >= 0.6 is 0 Å². The molecule has 1 fully saturated rings. The number of rotatable bonds is 2. The Bertz CT molecular complexity index is 206. The Morgan fingerprint density at radius 1 is 1.58 bits per heavy atom. The standard InChI is InChI=1S/C10H16O2/c1-6(2)5-9-7(3)8(4)10(11)12-9/h6-7,9H,4-5H2,1-3H3/t7-,9-/m1/s1. The average molecular weight is 168 g/mol. The number of carbonyl (C=O) groups is 1. The molecule has 0 radical (unpaired) electrons. The van der Waals surface area contributed by atoms with Crippen LogP contribution in [-0.4, -0.2) is 12.1 Å². The van der Waals surface area contributed by atoms with Gasteiger partial charge in [-0.1, -0.05) is 27.4 Å². The van der Waals surface area contributed by atoms with Gasteiger partial charge in [0.15, 0.2) is 0 Å². The maximum absolute atomic E-state index is 11.1. The van der Waals surface area contributed by atoms with Crippen LogP contribution in [0, 0.1) is 11.8 Å². The van der Waals surface area contributed by atoms with E-state index < -0.39 is 0 Å². The highest BCUT2D eigenvalue weighted by Crippen LogP contribution is 2.29. The van der Waals surface area contributed by atoms with Gasteiger partial charge in [-0.05, 0) is 12.3 Å². The van der Waals surface area contributed by atoms with Crippen LogP contribution in [-0.2, 0) is 9.53 Å². The SMILES string of the molecule is C=C1C(=O)O[C@H](CC(C)C)[C@@H]1C. The fourth-order valence-electron chi connectivity index (χ4n) is 1.44. The average Bonchev–Trinajstić information content (AvgIpc) is 2.17. The van der Waals surface area contributed by atoms with Crippen LogP contribution in [0.2, 0.25) is 0 Å². The lowest BCUT2D eigenvalue weighted by molar-refractivity contribution is -0.139. The minimum absolute atomic E-state index is 0.0602. The van der Waals surface area contributed by atoms with Crippen LogP contribution in [0.3, 0.4) is 0 Å². The second-order valence-electron chi connectivity index (χ2n) is 3.89. The zero-order valence-corrected chi connectivity index (χ0v) is 7.96. The second-order valence-corrected chi connectivity index (χ2v) is 3.89. The van der Waals surface area contributed by atoms with Crippen LogP contribution in [0.4, 0.5) is 0 Å². The third kappa shape index (κ3) is 1.68. The van der Waals surface area contributed by atoms with Crippen molar-refractivity contribution < 1.29 is 9.53 Å². The number of carbonyl (C=O) groups excluding carboxylic acids is 1. The predicted octanol–water partition coefficient (Wildman–Crippen LogP) is 2.15. The van der Waals surface area contributed by atoms with Gasteiger partial charge in [0.2, 0.25) is 0 Å². The fourth-order valence-corrected chi connectivity index (χ4v) is 1.44. The lowest BCUT2D eigenvalue weighted by atomic mass is 9.93. The first-order chi connectivity index (χ1) is 5.52.